The van der Waals surface area contributed by atoms with Crippen LogP contribution in [-0.2, 0) is 11.3 Å². The first-order chi connectivity index (χ1) is 14.5. The van der Waals surface area contributed by atoms with Gasteiger partial charge in [0.05, 0.1) is 5.69 Å². The number of aromatic nitrogens is 4. The van der Waals surface area contributed by atoms with Crippen LogP contribution in [0.5, 0.6) is 0 Å². The highest BCUT2D eigenvalue weighted by atomic mass is 35.5. The molecule has 2 aromatic heterocycles. The molecule has 7 nitrogen and oxygen atoms in total. The maximum Gasteiger partial charge on any atom is 0.244 e. The molecule has 0 N–H and O–H groups in total. The van der Waals surface area contributed by atoms with Gasteiger partial charge in [0.15, 0.2) is 0 Å². The fraction of sp³-hybridized carbons (Fsp3) is 0.364. The maximum atomic E-state index is 12.8. The van der Waals surface area contributed by atoms with Crippen LogP contribution in [0.1, 0.15) is 24.5 Å². The number of hydrogen-bond donors (Lipinski definition) is 0. The van der Waals surface area contributed by atoms with E-state index in [0.29, 0.717) is 17.5 Å². The molecule has 3 aromatic rings. The molecule has 0 saturated carbocycles. The average molecular weight is 425 g/mol. The molecule has 4 rings (SSSR count). The number of piperidine rings is 1. The number of anilines is 1. The van der Waals surface area contributed by atoms with Crippen LogP contribution in [0.2, 0.25) is 5.02 Å². The van der Waals surface area contributed by atoms with E-state index < -0.39 is 0 Å². The van der Waals surface area contributed by atoms with E-state index in [2.05, 4.69) is 10.1 Å². The summed E-state index contributed by atoms with van der Waals surface area (Å²) in [6.07, 6.45) is 7.30. The van der Waals surface area contributed by atoms with Crippen molar-refractivity contribution in [1.29, 1.82) is 0 Å². The van der Waals surface area contributed by atoms with Gasteiger partial charge in [-0.2, -0.15) is 5.10 Å². The van der Waals surface area contributed by atoms with Gasteiger partial charge >= 0.3 is 0 Å². The van der Waals surface area contributed by atoms with E-state index in [-0.39, 0.29) is 18.4 Å². The van der Waals surface area contributed by atoms with Crippen LogP contribution in [0.3, 0.4) is 0 Å². The first-order valence-corrected chi connectivity index (χ1v) is 10.4. The van der Waals surface area contributed by atoms with Gasteiger partial charge in [-0.25, -0.2) is 9.97 Å². The third-order valence-electron chi connectivity index (χ3n) is 5.38. The van der Waals surface area contributed by atoms with E-state index in [9.17, 15) is 4.79 Å². The zero-order valence-electron chi connectivity index (χ0n) is 17.2. The Hall–Kier alpha value is -2.93. The molecular formula is C22H25ClN6O. The van der Waals surface area contributed by atoms with E-state index in [1.54, 1.807) is 10.9 Å². The monoisotopic (exact) mass is 424 g/mol. The second kappa shape index (κ2) is 8.83. The van der Waals surface area contributed by atoms with E-state index in [0.717, 1.165) is 36.2 Å². The number of nitrogens with zero attached hydrogens (tertiary/aromatic N) is 6. The zero-order valence-corrected chi connectivity index (χ0v) is 18.0. The summed E-state index contributed by atoms with van der Waals surface area (Å²) in [5.74, 6) is 0.897. The van der Waals surface area contributed by atoms with Gasteiger partial charge < -0.3 is 9.80 Å². The predicted octanol–water partition coefficient (Wildman–Crippen LogP) is 3.47. The Morgan fingerprint density at radius 1 is 1.27 bits per heavy atom. The second-order valence-corrected chi connectivity index (χ2v) is 8.19. The summed E-state index contributed by atoms with van der Waals surface area (Å²) in [5.41, 5.74) is 3.00. The van der Waals surface area contributed by atoms with E-state index in [4.69, 9.17) is 16.6 Å². The normalized spacial score (nSPS) is 16.5. The van der Waals surface area contributed by atoms with Crippen molar-refractivity contribution in [3.8, 4) is 11.1 Å². The van der Waals surface area contributed by atoms with Crippen LogP contribution in [0.15, 0.2) is 48.9 Å². The van der Waals surface area contributed by atoms with Gasteiger partial charge in [-0.05, 0) is 36.6 Å². The Morgan fingerprint density at radius 3 is 2.77 bits per heavy atom. The van der Waals surface area contributed by atoms with Crippen molar-refractivity contribution in [2.24, 2.45) is 0 Å². The number of hydrogen-bond acceptors (Lipinski definition) is 5. The van der Waals surface area contributed by atoms with E-state index in [1.807, 2.05) is 66.6 Å². The summed E-state index contributed by atoms with van der Waals surface area (Å²) >= 11 is 6.08. The van der Waals surface area contributed by atoms with Crippen molar-refractivity contribution >= 4 is 23.5 Å². The van der Waals surface area contributed by atoms with Crippen LogP contribution in [0.4, 0.5) is 5.95 Å². The predicted molar refractivity (Wildman–Crippen MR) is 118 cm³/mol. The topological polar surface area (TPSA) is 67.2 Å². The lowest BCUT2D eigenvalue weighted by atomic mass is 9.90. The first-order valence-electron chi connectivity index (χ1n) is 10.1. The summed E-state index contributed by atoms with van der Waals surface area (Å²) < 4.78 is 1.67. The number of carbonyl (C=O) groups excluding carboxylic acids is 1. The second-order valence-electron chi connectivity index (χ2n) is 7.75. The molecule has 156 valence electrons. The van der Waals surface area contributed by atoms with Crippen molar-refractivity contribution in [2.75, 3.05) is 32.1 Å². The van der Waals surface area contributed by atoms with Crippen LogP contribution >= 0.6 is 11.6 Å². The summed E-state index contributed by atoms with van der Waals surface area (Å²) in [6.45, 7) is 1.67. The molecule has 1 aromatic carbocycles. The minimum absolute atomic E-state index is 0.0818. The summed E-state index contributed by atoms with van der Waals surface area (Å²) in [4.78, 5) is 26.1. The van der Waals surface area contributed by atoms with Gasteiger partial charge in [0.25, 0.3) is 0 Å². The number of likely N-dealkylation sites (tertiary alicyclic amines) is 1. The number of amides is 1. The fourth-order valence-corrected chi connectivity index (χ4v) is 3.95. The lowest BCUT2D eigenvalue weighted by Gasteiger charge is -2.33. The minimum Gasteiger partial charge on any atom is -0.347 e. The minimum atomic E-state index is 0.0818. The van der Waals surface area contributed by atoms with Crippen molar-refractivity contribution in [3.05, 3.63) is 59.6 Å². The van der Waals surface area contributed by atoms with Crippen molar-refractivity contribution in [3.63, 3.8) is 0 Å². The number of benzene rings is 1. The van der Waals surface area contributed by atoms with Crippen LogP contribution in [0.25, 0.3) is 11.1 Å². The van der Waals surface area contributed by atoms with Crippen LogP contribution < -0.4 is 4.90 Å². The Labute approximate surface area is 181 Å². The van der Waals surface area contributed by atoms with Crippen molar-refractivity contribution in [2.45, 2.75) is 25.3 Å². The molecule has 1 atom stereocenters. The summed E-state index contributed by atoms with van der Waals surface area (Å²) in [7, 11) is 3.86. The Kier molecular flexibility index (Phi) is 5.99. The molecule has 1 saturated heterocycles. The average Bonchev–Trinajstić information content (AvgIpc) is 3.27. The highest BCUT2D eigenvalue weighted by Gasteiger charge is 2.28. The zero-order chi connectivity index (χ0) is 21.1. The van der Waals surface area contributed by atoms with Gasteiger partial charge in [-0.1, -0.05) is 23.7 Å². The fourth-order valence-electron chi connectivity index (χ4n) is 3.82. The van der Waals surface area contributed by atoms with E-state index in [1.165, 1.54) is 0 Å². The first kappa shape index (κ1) is 20.3. The molecule has 3 heterocycles. The molecule has 0 bridgehead atoms. The van der Waals surface area contributed by atoms with Gasteiger partial charge in [0.2, 0.25) is 11.9 Å². The molecule has 0 spiro atoms. The summed E-state index contributed by atoms with van der Waals surface area (Å²) in [6, 6.07) is 9.56. The lowest BCUT2D eigenvalue weighted by molar-refractivity contribution is -0.133. The van der Waals surface area contributed by atoms with Crippen LogP contribution in [0, 0.1) is 0 Å². The van der Waals surface area contributed by atoms with Gasteiger partial charge in [0.1, 0.15) is 6.54 Å². The number of halogens is 1. The lowest BCUT2D eigenvalue weighted by Crippen LogP contribution is -2.41. The molecule has 1 aliphatic heterocycles. The highest BCUT2D eigenvalue weighted by Crippen LogP contribution is 2.34. The summed E-state index contributed by atoms with van der Waals surface area (Å²) in [5, 5.41) is 4.85. The largest absolute Gasteiger partial charge is 0.347 e. The molecule has 0 aliphatic carbocycles. The third kappa shape index (κ3) is 4.46. The molecule has 8 heteroatoms. The quantitative estimate of drug-likeness (QED) is 0.627. The Morgan fingerprint density at radius 2 is 2.07 bits per heavy atom. The number of carbonyl (C=O) groups is 1. The molecule has 30 heavy (non-hydrogen) atoms. The molecular weight excluding hydrogens is 400 g/mol. The molecule has 1 fully saturated rings. The van der Waals surface area contributed by atoms with Gasteiger partial charge in [0, 0.05) is 62.3 Å². The molecule has 0 radical (unpaired) electrons. The number of rotatable bonds is 5. The van der Waals surface area contributed by atoms with Crippen molar-refractivity contribution < 1.29 is 4.79 Å². The molecule has 1 amide bonds. The Bertz CT molecular complexity index is 1000. The molecule has 1 aliphatic rings. The third-order valence-corrected chi connectivity index (χ3v) is 5.63. The smallest absolute Gasteiger partial charge is 0.244 e. The Balaban J connectivity index is 1.63. The van der Waals surface area contributed by atoms with Crippen LogP contribution in [-0.4, -0.2) is 57.7 Å². The molecule has 0 unspecified atom stereocenters. The SMILES string of the molecule is CN(C)c1ncc(-c2ccc(Cl)cc2)c([C@H]2CCCN(C(=O)Cn3cccn3)C2)n1. The van der Waals surface area contributed by atoms with Crippen molar-refractivity contribution in [1.82, 2.24) is 24.6 Å². The van der Waals surface area contributed by atoms with Gasteiger partial charge in [-0.15, -0.1) is 0 Å². The standard InChI is InChI=1S/C22H25ClN6O/c1-27(2)22-24-13-19(16-6-8-18(23)9-7-16)21(26-22)17-5-3-11-28(14-17)20(30)15-29-12-4-10-25-29/h4,6-10,12-13,17H,3,5,11,14-15H2,1-2H3/t17-/m0/s1. The van der Waals surface area contributed by atoms with E-state index >= 15 is 0 Å². The highest BCUT2D eigenvalue weighted by molar-refractivity contribution is 6.30. The van der Waals surface area contributed by atoms with Gasteiger partial charge in [-0.3, -0.25) is 9.48 Å². The maximum absolute atomic E-state index is 12.8.